The Bertz CT molecular complexity index is 869. The van der Waals surface area contributed by atoms with E-state index in [1.54, 1.807) is 12.4 Å². The van der Waals surface area contributed by atoms with Gasteiger partial charge in [0.15, 0.2) is 5.65 Å². The Kier molecular flexibility index (Phi) is 3.43. The zero-order valence-corrected chi connectivity index (χ0v) is 14.3. The summed E-state index contributed by atoms with van der Waals surface area (Å²) >= 11 is 1.95. The number of fused-ring (bicyclic) bond motifs is 2. The van der Waals surface area contributed by atoms with Gasteiger partial charge in [-0.1, -0.05) is 0 Å². The molecule has 0 saturated carbocycles. The first kappa shape index (κ1) is 14.3. The van der Waals surface area contributed by atoms with E-state index in [4.69, 9.17) is 9.97 Å². The Hall–Kier alpha value is -2.08. The average Bonchev–Trinajstić information content (AvgIpc) is 3.23. The molecule has 1 saturated heterocycles. The van der Waals surface area contributed by atoms with E-state index in [9.17, 15) is 0 Å². The Balaban J connectivity index is 1.41. The molecular formula is C18H19N5S. The lowest BCUT2D eigenvalue weighted by Gasteiger charge is -2.32. The molecule has 0 bridgehead atoms. The Morgan fingerprint density at radius 2 is 2.00 bits per heavy atom. The van der Waals surface area contributed by atoms with Crippen LogP contribution in [0.1, 0.15) is 40.8 Å². The van der Waals surface area contributed by atoms with Crippen LogP contribution < -0.4 is 4.90 Å². The number of aromatic nitrogens is 4. The maximum Gasteiger partial charge on any atom is 0.180 e. The summed E-state index contributed by atoms with van der Waals surface area (Å²) < 4.78 is 0. The molecule has 3 aromatic heterocycles. The van der Waals surface area contributed by atoms with Crippen LogP contribution in [-0.2, 0) is 12.8 Å². The highest BCUT2D eigenvalue weighted by molar-refractivity contribution is 7.11. The second-order valence-corrected chi connectivity index (χ2v) is 7.74. The fourth-order valence-corrected chi connectivity index (χ4v) is 5.07. The number of nitrogens with zero attached hydrogens (tertiary/aromatic N) is 5. The van der Waals surface area contributed by atoms with Crippen molar-refractivity contribution in [2.45, 2.75) is 38.0 Å². The van der Waals surface area contributed by atoms with Crippen molar-refractivity contribution < 1.29 is 0 Å². The lowest BCUT2D eigenvalue weighted by Crippen LogP contribution is -2.34. The summed E-state index contributed by atoms with van der Waals surface area (Å²) in [6.07, 6.45) is 9.53. The summed E-state index contributed by atoms with van der Waals surface area (Å²) in [5, 5.41) is 1.34. The first-order valence-electron chi connectivity index (χ1n) is 8.68. The molecule has 122 valence electrons. The highest BCUT2D eigenvalue weighted by atomic mass is 32.1. The molecule has 1 atom stereocenters. The van der Waals surface area contributed by atoms with Crippen LogP contribution in [0.4, 0.5) is 5.82 Å². The predicted octanol–water partition coefficient (Wildman–Crippen LogP) is 3.35. The molecule has 3 aromatic rings. The number of hydrogen-bond donors (Lipinski definition) is 0. The third-order valence-corrected chi connectivity index (χ3v) is 6.34. The van der Waals surface area contributed by atoms with Gasteiger partial charge in [-0.25, -0.2) is 15.0 Å². The number of aryl methyl sites for hydroxylation is 2. The van der Waals surface area contributed by atoms with Crippen LogP contribution >= 0.6 is 11.3 Å². The number of hydrogen-bond acceptors (Lipinski definition) is 6. The van der Waals surface area contributed by atoms with Crippen molar-refractivity contribution in [3.8, 4) is 0 Å². The van der Waals surface area contributed by atoms with E-state index in [1.807, 2.05) is 17.4 Å². The quantitative estimate of drug-likeness (QED) is 0.718. The van der Waals surface area contributed by atoms with Gasteiger partial charge in [0.2, 0.25) is 0 Å². The van der Waals surface area contributed by atoms with Crippen LogP contribution in [0.5, 0.6) is 0 Å². The van der Waals surface area contributed by atoms with E-state index >= 15 is 0 Å². The maximum absolute atomic E-state index is 4.94. The van der Waals surface area contributed by atoms with E-state index in [2.05, 4.69) is 20.9 Å². The molecule has 1 fully saturated rings. The fraction of sp³-hybridized carbons (Fsp3) is 0.444. The minimum Gasteiger partial charge on any atom is -0.356 e. The van der Waals surface area contributed by atoms with Crippen molar-refractivity contribution in [1.29, 1.82) is 0 Å². The first-order valence-corrected chi connectivity index (χ1v) is 9.50. The molecule has 0 unspecified atom stereocenters. The fourth-order valence-electron chi connectivity index (χ4n) is 3.79. The summed E-state index contributed by atoms with van der Waals surface area (Å²) in [5.41, 5.74) is 2.95. The van der Waals surface area contributed by atoms with Gasteiger partial charge < -0.3 is 4.90 Å². The number of anilines is 1. The van der Waals surface area contributed by atoms with Crippen molar-refractivity contribution in [2.75, 3.05) is 18.0 Å². The van der Waals surface area contributed by atoms with E-state index in [1.165, 1.54) is 47.7 Å². The summed E-state index contributed by atoms with van der Waals surface area (Å²) in [4.78, 5) is 22.2. The SMILES string of the molecule is c1cnc2nc(N3CCC[C@H](c4nc5c(s4)CCC5)C3)ccc2n1. The monoisotopic (exact) mass is 337 g/mol. The van der Waals surface area contributed by atoms with Gasteiger partial charge in [0.25, 0.3) is 0 Å². The molecule has 1 aliphatic carbocycles. The minimum atomic E-state index is 0.536. The van der Waals surface area contributed by atoms with Crippen LogP contribution in [0.2, 0.25) is 0 Å². The average molecular weight is 337 g/mol. The zero-order chi connectivity index (χ0) is 15.9. The molecule has 0 spiro atoms. The molecule has 2 aliphatic rings. The molecule has 0 amide bonds. The van der Waals surface area contributed by atoms with Crippen LogP contribution in [-0.4, -0.2) is 33.0 Å². The summed E-state index contributed by atoms with van der Waals surface area (Å²) in [5.74, 6) is 1.55. The van der Waals surface area contributed by atoms with Gasteiger partial charge in [0, 0.05) is 36.3 Å². The van der Waals surface area contributed by atoms with E-state index in [-0.39, 0.29) is 0 Å². The van der Waals surface area contributed by atoms with Crippen molar-refractivity contribution in [1.82, 2.24) is 19.9 Å². The number of pyridine rings is 1. The molecule has 0 radical (unpaired) electrons. The summed E-state index contributed by atoms with van der Waals surface area (Å²) in [7, 11) is 0. The molecular weight excluding hydrogens is 318 g/mol. The lowest BCUT2D eigenvalue weighted by atomic mass is 9.98. The largest absolute Gasteiger partial charge is 0.356 e. The van der Waals surface area contributed by atoms with Gasteiger partial charge in [-0.3, -0.25) is 4.98 Å². The Morgan fingerprint density at radius 1 is 1.04 bits per heavy atom. The first-order chi connectivity index (χ1) is 11.9. The molecule has 6 heteroatoms. The second-order valence-electron chi connectivity index (χ2n) is 6.63. The van der Waals surface area contributed by atoms with Crippen molar-refractivity contribution in [2.24, 2.45) is 0 Å². The van der Waals surface area contributed by atoms with Gasteiger partial charge in [0.1, 0.15) is 11.3 Å². The zero-order valence-electron chi connectivity index (χ0n) is 13.5. The third-order valence-electron chi connectivity index (χ3n) is 5.02. The number of thiazole rings is 1. The topological polar surface area (TPSA) is 54.8 Å². The molecule has 4 heterocycles. The van der Waals surface area contributed by atoms with Crippen LogP contribution in [0.15, 0.2) is 24.5 Å². The molecule has 0 N–H and O–H groups in total. The number of piperidine rings is 1. The highest BCUT2D eigenvalue weighted by Crippen LogP contribution is 2.36. The van der Waals surface area contributed by atoms with Crippen LogP contribution in [0, 0.1) is 0 Å². The van der Waals surface area contributed by atoms with Crippen LogP contribution in [0.25, 0.3) is 11.2 Å². The second kappa shape index (κ2) is 5.77. The molecule has 24 heavy (non-hydrogen) atoms. The lowest BCUT2D eigenvalue weighted by molar-refractivity contribution is 0.505. The number of rotatable bonds is 2. The summed E-state index contributed by atoms with van der Waals surface area (Å²) in [6.45, 7) is 2.06. The van der Waals surface area contributed by atoms with Crippen molar-refractivity contribution >= 4 is 28.3 Å². The van der Waals surface area contributed by atoms with Crippen LogP contribution in [0.3, 0.4) is 0 Å². The van der Waals surface area contributed by atoms with E-state index in [0.717, 1.165) is 30.1 Å². The maximum atomic E-state index is 4.94. The third kappa shape index (κ3) is 2.45. The van der Waals surface area contributed by atoms with Crippen molar-refractivity contribution in [3.05, 3.63) is 40.1 Å². The normalized spacial score (nSPS) is 20.5. The van der Waals surface area contributed by atoms with Gasteiger partial charge in [-0.05, 0) is 44.2 Å². The molecule has 5 nitrogen and oxygen atoms in total. The van der Waals surface area contributed by atoms with Gasteiger partial charge >= 0.3 is 0 Å². The van der Waals surface area contributed by atoms with E-state index < -0.39 is 0 Å². The smallest absolute Gasteiger partial charge is 0.180 e. The Labute approximate surface area is 144 Å². The molecule has 5 rings (SSSR count). The minimum absolute atomic E-state index is 0.536. The molecule has 0 aromatic carbocycles. The Morgan fingerprint density at radius 3 is 2.96 bits per heavy atom. The summed E-state index contributed by atoms with van der Waals surface area (Å²) in [6, 6.07) is 4.09. The van der Waals surface area contributed by atoms with E-state index in [0.29, 0.717) is 5.92 Å². The van der Waals surface area contributed by atoms with Gasteiger partial charge in [0.05, 0.1) is 10.7 Å². The van der Waals surface area contributed by atoms with Crippen molar-refractivity contribution in [3.63, 3.8) is 0 Å². The standard InChI is InChI=1S/C18H19N5S/c1-4-13-15(5-1)24-18(21-13)12-3-2-10-23(11-12)16-7-6-14-17(22-16)20-9-8-19-14/h6-9,12H,1-5,10-11H2/t12-/m0/s1. The highest BCUT2D eigenvalue weighted by Gasteiger charge is 2.27. The predicted molar refractivity (Wildman–Crippen MR) is 95.7 cm³/mol. The molecule has 1 aliphatic heterocycles. The van der Waals surface area contributed by atoms with Gasteiger partial charge in [-0.2, -0.15) is 0 Å². The van der Waals surface area contributed by atoms with Gasteiger partial charge in [-0.15, -0.1) is 11.3 Å².